The number of anilines is 1. The standard InChI is InChI=1S/C23H19BrF3N3O2/c1-22(2)20(31)30(17-7-5-14(11-28)18(10-17)13-3-4-13)21(32)29(22)12-15-9-16(23(25,26)27)6-8-19(15)24/h5-10,13H,3-4,12H2,1-2H3. The van der Waals surface area contributed by atoms with Crippen LogP contribution in [0.2, 0.25) is 0 Å². The van der Waals surface area contributed by atoms with Gasteiger partial charge in [0.25, 0.3) is 5.91 Å². The molecule has 4 rings (SSSR count). The summed E-state index contributed by atoms with van der Waals surface area (Å²) in [5, 5.41) is 9.36. The van der Waals surface area contributed by atoms with Gasteiger partial charge in [0.05, 0.1) is 22.9 Å². The summed E-state index contributed by atoms with van der Waals surface area (Å²) in [5.74, 6) is -0.236. The number of nitriles is 1. The van der Waals surface area contributed by atoms with E-state index in [9.17, 15) is 28.0 Å². The average molecular weight is 506 g/mol. The second kappa shape index (κ2) is 7.62. The maximum absolute atomic E-state index is 13.3. The van der Waals surface area contributed by atoms with E-state index in [-0.39, 0.29) is 18.0 Å². The van der Waals surface area contributed by atoms with E-state index < -0.39 is 29.2 Å². The first-order valence-electron chi connectivity index (χ1n) is 10.0. The van der Waals surface area contributed by atoms with Gasteiger partial charge in [-0.05, 0) is 80.1 Å². The molecule has 0 N–H and O–H groups in total. The van der Waals surface area contributed by atoms with Crippen LogP contribution < -0.4 is 4.90 Å². The van der Waals surface area contributed by atoms with Crippen molar-refractivity contribution in [3.05, 3.63) is 63.1 Å². The highest BCUT2D eigenvalue weighted by atomic mass is 79.9. The van der Waals surface area contributed by atoms with E-state index in [1.54, 1.807) is 32.0 Å². The van der Waals surface area contributed by atoms with Gasteiger partial charge in [0.15, 0.2) is 0 Å². The molecule has 1 aliphatic carbocycles. The Labute approximate surface area is 191 Å². The van der Waals surface area contributed by atoms with Crippen LogP contribution in [0.3, 0.4) is 0 Å². The van der Waals surface area contributed by atoms with Gasteiger partial charge in [-0.1, -0.05) is 15.9 Å². The zero-order valence-electron chi connectivity index (χ0n) is 17.3. The Morgan fingerprint density at radius 3 is 2.44 bits per heavy atom. The van der Waals surface area contributed by atoms with E-state index in [4.69, 9.17) is 0 Å². The summed E-state index contributed by atoms with van der Waals surface area (Å²) in [6.45, 7) is 2.96. The van der Waals surface area contributed by atoms with E-state index in [1.807, 2.05) is 0 Å². The van der Waals surface area contributed by atoms with Crippen molar-refractivity contribution >= 4 is 33.6 Å². The number of carbonyl (C=O) groups excluding carboxylic acids is 2. The number of carbonyl (C=O) groups is 2. The second-order valence-corrected chi connectivity index (χ2v) is 9.38. The molecule has 1 saturated carbocycles. The number of urea groups is 1. The molecule has 1 aliphatic heterocycles. The van der Waals surface area contributed by atoms with Crippen molar-refractivity contribution in [3.8, 4) is 6.07 Å². The Kier molecular flexibility index (Phi) is 5.32. The Bertz CT molecular complexity index is 1170. The van der Waals surface area contributed by atoms with Crippen molar-refractivity contribution in [2.45, 2.75) is 50.9 Å². The highest BCUT2D eigenvalue weighted by Gasteiger charge is 2.52. The van der Waals surface area contributed by atoms with Crippen molar-refractivity contribution in [1.82, 2.24) is 4.90 Å². The van der Waals surface area contributed by atoms with Crippen LogP contribution in [0, 0.1) is 11.3 Å². The molecule has 32 heavy (non-hydrogen) atoms. The molecule has 2 aromatic rings. The third-order valence-corrected chi connectivity index (χ3v) is 6.73. The summed E-state index contributed by atoms with van der Waals surface area (Å²) in [4.78, 5) is 28.8. The Balaban J connectivity index is 1.70. The number of rotatable bonds is 4. The quantitative estimate of drug-likeness (QED) is 0.481. The van der Waals surface area contributed by atoms with Crippen LogP contribution in [-0.4, -0.2) is 22.4 Å². The van der Waals surface area contributed by atoms with Crippen LogP contribution in [0.1, 0.15) is 54.9 Å². The second-order valence-electron chi connectivity index (χ2n) is 8.53. The third kappa shape index (κ3) is 3.77. The van der Waals surface area contributed by atoms with Crippen molar-refractivity contribution in [2.24, 2.45) is 0 Å². The van der Waals surface area contributed by atoms with Crippen LogP contribution >= 0.6 is 15.9 Å². The van der Waals surface area contributed by atoms with Gasteiger partial charge in [-0.15, -0.1) is 0 Å². The molecule has 1 saturated heterocycles. The number of hydrogen-bond acceptors (Lipinski definition) is 3. The lowest BCUT2D eigenvalue weighted by atomic mass is 10.0. The fraction of sp³-hybridized carbons (Fsp3) is 0.348. The Hall–Kier alpha value is -2.86. The molecule has 2 fully saturated rings. The molecule has 1 heterocycles. The largest absolute Gasteiger partial charge is 0.416 e. The fourth-order valence-corrected chi connectivity index (χ4v) is 4.27. The van der Waals surface area contributed by atoms with Crippen molar-refractivity contribution < 1.29 is 22.8 Å². The minimum atomic E-state index is -4.52. The van der Waals surface area contributed by atoms with Gasteiger partial charge in [-0.3, -0.25) is 4.79 Å². The van der Waals surface area contributed by atoms with Crippen molar-refractivity contribution in [3.63, 3.8) is 0 Å². The van der Waals surface area contributed by atoms with Crippen LogP contribution in [0.5, 0.6) is 0 Å². The first kappa shape index (κ1) is 22.3. The first-order valence-corrected chi connectivity index (χ1v) is 10.8. The number of nitrogens with zero attached hydrogens (tertiary/aromatic N) is 3. The number of halogens is 4. The molecule has 166 valence electrons. The maximum atomic E-state index is 13.3. The highest BCUT2D eigenvalue weighted by Crippen LogP contribution is 2.44. The number of benzene rings is 2. The summed E-state index contributed by atoms with van der Waals surface area (Å²) in [5.41, 5.74) is -0.168. The van der Waals surface area contributed by atoms with Crippen LogP contribution in [0.15, 0.2) is 40.9 Å². The summed E-state index contributed by atoms with van der Waals surface area (Å²) in [6.07, 6.45) is -2.63. The third-order valence-electron chi connectivity index (χ3n) is 5.96. The topological polar surface area (TPSA) is 64.4 Å². The SMILES string of the molecule is CC1(C)C(=O)N(c2ccc(C#N)c(C3CC3)c2)C(=O)N1Cc1cc(C(F)(F)F)ccc1Br. The smallest absolute Gasteiger partial charge is 0.305 e. The fourth-order valence-electron chi connectivity index (χ4n) is 3.89. The number of imide groups is 1. The van der Waals surface area contributed by atoms with Gasteiger partial charge in [0.2, 0.25) is 0 Å². The maximum Gasteiger partial charge on any atom is 0.416 e. The molecular weight excluding hydrogens is 487 g/mol. The highest BCUT2D eigenvalue weighted by molar-refractivity contribution is 9.10. The molecule has 3 amide bonds. The van der Waals surface area contributed by atoms with E-state index in [1.165, 1.54) is 11.0 Å². The normalized spacial score (nSPS) is 18.3. The first-order chi connectivity index (χ1) is 14.9. The Morgan fingerprint density at radius 1 is 1.16 bits per heavy atom. The van der Waals surface area contributed by atoms with Gasteiger partial charge in [0.1, 0.15) is 5.54 Å². The van der Waals surface area contributed by atoms with Crippen LogP contribution in [0.4, 0.5) is 23.7 Å². The minimum absolute atomic E-state index is 0.176. The predicted molar refractivity (Wildman–Crippen MR) is 115 cm³/mol. The van der Waals surface area contributed by atoms with Gasteiger partial charge in [0, 0.05) is 11.0 Å². The lowest BCUT2D eigenvalue weighted by Crippen LogP contribution is -2.43. The molecule has 9 heteroatoms. The lowest BCUT2D eigenvalue weighted by molar-refractivity contribution is -0.137. The summed E-state index contributed by atoms with van der Waals surface area (Å²) in [6, 6.07) is 9.60. The molecule has 0 atom stereocenters. The van der Waals surface area contributed by atoms with Gasteiger partial charge >= 0.3 is 12.2 Å². The van der Waals surface area contributed by atoms with Crippen molar-refractivity contribution in [2.75, 3.05) is 4.90 Å². The predicted octanol–water partition coefficient (Wildman–Crippen LogP) is 5.96. The monoisotopic (exact) mass is 505 g/mol. The molecule has 0 spiro atoms. The minimum Gasteiger partial charge on any atom is -0.305 e. The van der Waals surface area contributed by atoms with Gasteiger partial charge in [-0.2, -0.15) is 18.4 Å². The number of alkyl halides is 3. The molecule has 0 bridgehead atoms. The van der Waals surface area contributed by atoms with E-state index in [0.717, 1.165) is 35.4 Å². The van der Waals surface area contributed by atoms with Gasteiger partial charge in [-0.25, -0.2) is 9.69 Å². The number of amides is 3. The Morgan fingerprint density at radius 2 is 1.84 bits per heavy atom. The van der Waals surface area contributed by atoms with E-state index in [0.29, 0.717) is 15.7 Å². The molecule has 0 unspecified atom stereocenters. The molecule has 2 aliphatic rings. The molecule has 2 aromatic carbocycles. The molecule has 0 radical (unpaired) electrons. The zero-order valence-corrected chi connectivity index (χ0v) is 18.9. The van der Waals surface area contributed by atoms with Gasteiger partial charge < -0.3 is 4.90 Å². The van der Waals surface area contributed by atoms with Crippen LogP contribution in [-0.2, 0) is 17.5 Å². The number of hydrogen-bond donors (Lipinski definition) is 0. The lowest BCUT2D eigenvalue weighted by Gasteiger charge is -2.28. The molecule has 0 aromatic heterocycles. The van der Waals surface area contributed by atoms with E-state index >= 15 is 0 Å². The van der Waals surface area contributed by atoms with E-state index in [2.05, 4.69) is 22.0 Å². The zero-order chi connectivity index (χ0) is 23.4. The summed E-state index contributed by atoms with van der Waals surface area (Å²) >= 11 is 3.25. The summed E-state index contributed by atoms with van der Waals surface area (Å²) < 4.78 is 39.9. The molecule has 5 nitrogen and oxygen atoms in total. The average Bonchev–Trinajstić information content (AvgIpc) is 3.54. The molecular formula is C23H19BrF3N3O2. The van der Waals surface area contributed by atoms with Crippen LogP contribution in [0.25, 0.3) is 0 Å². The summed E-state index contributed by atoms with van der Waals surface area (Å²) in [7, 11) is 0. The van der Waals surface area contributed by atoms with Crippen molar-refractivity contribution in [1.29, 1.82) is 5.26 Å².